The van der Waals surface area contributed by atoms with Gasteiger partial charge in [0, 0.05) is 47.8 Å². The predicted octanol–water partition coefficient (Wildman–Crippen LogP) is 13.0. The summed E-state index contributed by atoms with van der Waals surface area (Å²) in [7, 11) is 0. The minimum atomic E-state index is -0.321. The number of amidine groups is 2. The number of thiophene rings is 1. The lowest BCUT2D eigenvalue weighted by molar-refractivity contribution is 0.674. The highest BCUT2D eigenvalue weighted by molar-refractivity contribution is 7.25. The summed E-state index contributed by atoms with van der Waals surface area (Å²) in [5, 5.41) is 8.62. The number of aliphatic imine (C=N–C) groups is 2. The van der Waals surface area contributed by atoms with Gasteiger partial charge in [-0.05, 0) is 76.3 Å². The van der Waals surface area contributed by atoms with Crippen LogP contribution in [0.1, 0.15) is 22.9 Å². The normalized spacial score (nSPS) is 14.2. The molecular formula is C51H34N4S. The Balaban J connectivity index is 1.07. The van der Waals surface area contributed by atoms with Crippen LogP contribution >= 0.6 is 11.3 Å². The zero-order valence-corrected chi connectivity index (χ0v) is 31.1. The van der Waals surface area contributed by atoms with Gasteiger partial charge in [-0.25, -0.2) is 9.98 Å². The Morgan fingerprint density at radius 3 is 1.80 bits per heavy atom. The monoisotopic (exact) mass is 734 g/mol. The molecule has 1 atom stereocenters. The molecule has 8 aromatic carbocycles. The molecule has 0 radical (unpaired) electrons. The van der Waals surface area contributed by atoms with E-state index in [0.717, 1.165) is 39.3 Å². The molecule has 1 aliphatic rings. The van der Waals surface area contributed by atoms with Gasteiger partial charge in [0.15, 0.2) is 5.84 Å². The molecule has 0 saturated heterocycles. The SMILES string of the molecule is c1ccc(C2=NC(c3ccc4c5ccccc5n(-c5ccc6sc7ccc(-c8ccccc8)cc7c6c5)c4c3)=NC(c3cccc(-c4ccccc4)c3)N2)cc1. The molecule has 4 nitrogen and oxygen atoms in total. The first-order valence-corrected chi connectivity index (χ1v) is 19.7. The summed E-state index contributed by atoms with van der Waals surface area (Å²) in [5.74, 6) is 1.50. The van der Waals surface area contributed by atoms with E-state index >= 15 is 0 Å². The van der Waals surface area contributed by atoms with Crippen molar-refractivity contribution in [3.05, 3.63) is 211 Å². The minimum absolute atomic E-state index is 0.321. The molecule has 10 aromatic rings. The minimum Gasteiger partial charge on any atom is -0.344 e. The summed E-state index contributed by atoms with van der Waals surface area (Å²) in [6.45, 7) is 0. The number of hydrogen-bond donors (Lipinski definition) is 1. The predicted molar refractivity (Wildman–Crippen MR) is 236 cm³/mol. The van der Waals surface area contributed by atoms with E-state index in [4.69, 9.17) is 9.98 Å². The van der Waals surface area contributed by atoms with E-state index in [1.54, 1.807) is 0 Å². The molecule has 264 valence electrons. The Kier molecular flexibility index (Phi) is 7.71. The van der Waals surface area contributed by atoms with Gasteiger partial charge in [-0.1, -0.05) is 146 Å². The highest BCUT2D eigenvalue weighted by atomic mass is 32.1. The lowest BCUT2D eigenvalue weighted by atomic mass is 10.0. The number of fused-ring (bicyclic) bond motifs is 6. The van der Waals surface area contributed by atoms with E-state index in [1.165, 1.54) is 53.2 Å². The maximum absolute atomic E-state index is 5.31. The molecule has 0 saturated carbocycles. The van der Waals surface area contributed by atoms with Crippen molar-refractivity contribution in [3.8, 4) is 27.9 Å². The highest BCUT2D eigenvalue weighted by Crippen LogP contribution is 2.40. The maximum Gasteiger partial charge on any atom is 0.159 e. The summed E-state index contributed by atoms with van der Waals surface area (Å²) in [5.41, 5.74) is 11.3. The van der Waals surface area contributed by atoms with Gasteiger partial charge in [0.25, 0.3) is 0 Å². The van der Waals surface area contributed by atoms with Crippen molar-refractivity contribution in [2.75, 3.05) is 0 Å². The van der Waals surface area contributed by atoms with E-state index < -0.39 is 0 Å². The average Bonchev–Trinajstić information content (AvgIpc) is 3.81. The second-order valence-corrected chi connectivity index (χ2v) is 15.3. The van der Waals surface area contributed by atoms with Crippen molar-refractivity contribution >= 4 is 65.0 Å². The topological polar surface area (TPSA) is 41.7 Å². The molecule has 2 aromatic heterocycles. The Morgan fingerprint density at radius 1 is 0.429 bits per heavy atom. The summed E-state index contributed by atoms with van der Waals surface area (Å²) in [6, 6.07) is 69.3. The Labute approximate surface area is 328 Å². The summed E-state index contributed by atoms with van der Waals surface area (Å²) in [6.07, 6.45) is -0.321. The van der Waals surface area contributed by atoms with E-state index in [0.29, 0.717) is 5.84 Å². The van der Waals surface area contributed by atoms with Crippen LogP contribution in [-0.2, 0) is 0 Å². The van der Waals surface area contributed by atoms with Gasteiger partial charge >= 0.3 is 0 Å². The largest absolute Gasteiger partial charge is 0.344 e. The van der Waals surface area contributed by atoms with Crippen molar-refractivity contribution in [2.24, 2.45) is 9.98 Å². The average molecular weight is 735 g/mol. The molecule has 0 amide bonds. The molecule has 0 aliphatic carbocycles. The van der Waals surface area contributed by atoms with E-state index in [-0.39, 0.29) is 6.17 Å². The van der Waals surface area contributed by atoms with Crippen LogP contribution in [0.5, 0.6) is 0 Å². The molecule has 56 heavy (non-hydrogen) atoms. The van der Waals surface area contributed by atoms with Crippen LogP contribution in [0, 0.1) is 0 Å². The lowest BCUT2D eigenvalue weighted by Crippen LogP contribution is -2.33. The molecule has 3 heterocycles. The molecule has 0 fully saturated rings. The number of nitrogens with zero attached hydrogens (tertiary/aromatic N) is 3. The van der Waals surface area contributed by atoms with Crippen molar-refractivity contribution in [2.45, 2.75) is 6.17 Å². The van der Waals surface area contributed by atoms with Crippen LogP contribution in [-0.4, -0.2) is 16.2 Å². The first-order valence-electron chi connectivity index (χ1n) is 18.9. The van der Waals surface area contributed by atoms with Gasteiger partial charge in [-0.2, -0.15) is 0 Å². The molecule has 1 N–H and O–H groups in total. The number of para-hydroxylation sites is 1. The van der Waals surface area contributed by atoms with Crippen LogP contribution in [0.3, 0.4) is 0 Å². The molecule has 0 spiro atoms. The zero-order valence-electron chi connectivity index (χ0n) is 30.3. The third-order valence-electron chi connectivity index (χ3n) is 10.8. The Bertz CT molecular complexity index is 3160. The number of benzene rings is 8. The first-order chi connectivity index (χ1) is 27.7. The van der Waals surface area contributed by atoms with Crippen LogP contribution in [0.25, 0.3) is 69.9 Å². The Morgan fingerprint density at radius 2 is 1.04 bits per heavy atom. The summed E-state index contributed by atoms with van der Waals surface area (Å²) in [4.78, 5) is 10.5. The van der Waals surface area contributed by atoms with E-state index in [2.05, 4.69) is 198 Å². The zero-order chi connectivity index (χ0) is 37.0. The quantitative estimate of drug-likeness (QED) is 0.182. The molecule has 5 heteroatoms. The third kappa shape index (κ3) is 5.60. The smallest absolute Gasteiger partial charge is 0.159 e. The molecule has 11 rings (SSSR count). The van der Waals surface area contributed by atoms with Gasteiger partial charge in [0.1, 0.15) is 12.0 Å². The van der Waals surface area contributed by atoms with Crippen molar-refractivity contribution < 1.29 is 0 Å². The molecule has 1 unspecified atom stereocenters. The molecular weight excluding hydrogens is 701 g/mol. The summed E-state index contributed by atoms with van der Waals surface area (Å²) >= 11 is 1.85. The van der Waals surface area contributed by atoms with E-state index in [9.17, 15) is 0 Å². The maximum atomic E-state index is 5.31. The highest BCUT2D eigenvalue weighted by Gasteiger charge is 2.23. The standard InChI is InChI=1S/C51H34N4S/c1-4-13-33(14-5-1)36-19-12-20-38(29-36)50-52-49(35-17-8-3-9-18-35)53-51(54-50)39-23-26-42-41-21-10-11-22-45(41)55(46(42)31-39)40-25-28-48-44(32-40)43-30-37(24-27-47(43)56-48)34-15-6-2-7-16-34/h1-32,50H,(H,52,53,54). The number of hydrogen-bond acceptors (Lipinski definition) is 4. The van der Waals surface area contributed by atoms with Crippen molar-refractivity contribution in [3.63, 3.8) is 0 Å². The fraction of sp³-hybridized carbons (Fsp3) is 0.0196. The van der Waals surface area contributed by atoms with Gasteiger partial charge in [0.2, 0.25) is 0 Å². The number of aromatic nitrogens is 1. The van der Waals surface area contributed by atoms with Crippen LogP contribution in [0.2, 0.25) is 0 Å². The Hall–Kier alpha value is -7.08. The van der Waals surface area contributed by atoms with Gasteiger partial charge in [-0.3, -0.25) is 0 Å². The third-order valence-corrected chi connectivity index (χ3v) is 12.0. The van der Waals surface area contributed by atoms with Gasteiger partial charge in [0.05, 0.1) is 11.0 Å². The van der Waals surface area contributed by atoms with Crippen LogP contribution in [0.4, 0.5) is 0 Å². The van der Waals surface area contributed by atoms with Crippen LogP contribution in [0.15, 0.2) is 204 Å². The van der Waals surface area contributed by atoms with Gasteiger partial charge < -0.3 is 9.88 Å². The second-order valence-electron chi connectivity index (χ2n) is 14.3. The summed E-state index contributed by atoms with van der Waals surface area (Å²) < 4.78 is 4.98. The van der Waals surface area contributed by atoms with Crippen LogP contribution < -0.4 is 5.32 Å². The van der Waals surface area contributed by atoms with Crippen molar-refractivity contribution in [1.29, 1.82) is 0 Å². The fourth-order valence-corrected chi connectivity index (χ4v) is 9.18. The fourth-order valence-electron chi connectivity index (χ4n) is 8.11. The molecule has 1 aliphatic heterocycles. The van der Waals surface area contributed by atoms with E-state index in [1.807, 2.05) is 17.4 Å². The lowest BCUT2D eigenvalue weighted by Gasteiger charge is -2.24. The number of rotatable bonds is 6. The van der Waals surface area contributed by atoms with Crippen molar-refractivity contribution in [1.82, 2.24) is 9.88 Å². The van der Waals surface area contributed by atoms with Gasteiger partial charge in [-0.15, -0.1) is 11.3 Å². The second kappa shape index (κ2) is 13.3. The first kappa shape index (κ1) is 32.4. The molecule has 0 bridgehead atoms. The number of nitrogens with one attached hydrogen (secondary N) is 1.